The summed E-state index contributed by atoms with van der Waals surface area (Å²) in [6, 6.07) is 0. The lowest BCUT2D eigenvalue weighted by atomic mass is 10.4. The molecule has 0 fully saturated rings. The molecular formula is C7H16N6. The second kappa shape index (κ2) is 4.88. The molecule has 0 bridgehead atoms. The van der Waals surface area contributed by atoms with Crippen molar-refractivity contribution in [3.8, 4) is 0 Å². The fourth-order valence-electron chi connectivity index (χ4n) is 1.02. The highest BCUT2D eigenvalue weighted by Gasteiger charge is 2.04. The van der Waals surface area contributed by atoms with Crippen LogP contribution in [0.5, 0.6) is 0 Å². The average Bonchev–Trinajstić information content (AvgIpc) is 2.49. The molecule has 0 saturated carbocycles. The monoisotopic (exact) mass is 184 g/mol. The minimum Gasteiger partial charge on any atom is -0.329 e. The third-order valence-corrected chi connectivity index (χ3v) is 1.73. The van der Waals surface area contributed by atoms with Crippen molar-refractivity contribution in [1.82, 2.24) is 25.1 Å². The van der Waals surface area contributed by atoms with E-state index >= 15 is 0 Å². The first-order valence-corrected chi connectivity index (χ1v) is 4.34. The molecule has 74 valence electrons. The van der Waals surface area contributed by atoms with Crippen molar-refractivity contribution >= 4 is 0 Å². The van der Waals surface area contributed by atoms with Gasteiger partial charge in [-0.25, -0.2) is 4.68 Å². The summed E-state index contributed by atoms with van der Waals surface area (Å²) >= 11 is 0. The zero-order valence-corrected chi connectivity index (χ0v) is 8.14. The Morgan fingerprint density at radius 3 is 2.85 bits per heavy atom. The number of hydrogen-bond acceptors (Lipinski definition) is 5. The van der Waals surface area contributed by atoms with Gasteiger partial charge >= 0.3 is 0 Å². The molecule has 0 unspecified atom stereocenters. The Balaban J connectivity index is 2.49. The van der Waals surface area contributed by atoms with Crippen LogP contribution >= 0.6 is 0 Å². The van der Waals surface area contributed by atoms with Crippen LogP contribution < -0.4 is 5.73 Å². The van der Waals surface area contributed by atoms with Crippen LogP contribution in [0.2, 0.25) is 0 Å². The number of nitrogens with two attached hydrogens (primary N) is 1. The summed E-state index contributed by atoms with van der Waals surface area (Å²) in [5.41, 5.74) is 5.42. The maximum Gasteiger partial charge on any atom is 0.152 e. The van der Waals surface area contributed by atoms with Gasteiger partial charge in [-0.05, 0) is 24.5 Å². The Labute approximate surface area is 77.7 Å². The third kappa shape index (κ3) is 3.08. The second-order valence-electron chi connectivity index (χ2n) is 3.16. The van der Waals surface area contributed by atoms with Crippen molar-refractivity contribution in [2.45, 2.75) is 13.0 Å². The smallest absolute Gasteiger partial charge is 0.152 e. The standard InChI is InChI=1S/C7H16N6/c1-12(2)5-3-7-9-10-11-13(7)6-4-8/h3-6,8H2,1-2H3. The normalized spacial score (nSPS) is 11.1. The van der Waals surface area contributed by atoms with E-state index in [2.05, 4.69) is 20.4 Å². The van der Waals surface area contributed by atoms with Gasteiger partial charge in [0.2, 0.25) is 0 Å². The summed E-state index contributed by atoms with van der Waals surface area (Å²) in [6.45, 7) is 2.21. The van der Waals surface area contributed by atoms with Crippen LogP contribution in [0, 0.1) is 0 Å². The van der Waals surface area contributed by atoms with Gasteiger partial charge in [0.1, 0.15) is 0 Å². The topological polar surface area (TPSA) is 72.9 Å². The molecular weight excluding hydrogens is 168 g/mol. The van der Waals surface area contributed by atoms with E-state index in [9.17, 15) is 0 Å². The molecule has 0 aliphatic heterocycles. The SMILES string of the molecule is CN(C)CCc1nnnn1CCN. The molecule has 0 aliphatic rings. The van der Waals surface area contributed by atoms with Gasteiger partial charge in [-0.1, -0.05) is 0 Å². The summed E-state index contributed by atoms with van der Waals surface area (Å²) in [4.78, 5) is 2.10. The van der Waals surface area contributed by atoms with Crippen molar-refractivity contribution in [2.75, 3.05) is 27.2 Å². The Morgan fingerprint density at radius 2 is 2.23 bits per heavy atom. The fourth-order valence-corrected chi connectivity index (χ4v) is 1.02. The van der Waals surface area contributed by atoms with Gasteiger partial charge in [-0.3, -0.25) is 0 Å². The highest BCUT2D eigenvalue weighted by molar-refractivity contribution is 4.81. The lowest BCUT2D eigenvalue weighted by Crippen LogP contribution is -2.19. The Hall–Kier alpha value is -1.01. The van der Waals surface area contributed by atoms with E-state index in [1.807, 2.05) is 14.1 Å². The van der Waals surface area contributed by atoms with E-state index in [0.29, 0.717) is 13.1 Å². The molecule has 1 rings (SSSR count). The first-order valence-electron chi connectivity index (χ1n) is 4.34. The number of hydrogen-bond donors (Lipinski definition) is 1. The zero-order valence-electron chi connectivity index (χ0n) is 8.14. The van der Waals surface area contributed by atoms with E-state index in [4.69, 9.17) is 5.73 Å². The van der Waals surface area contributed by atoms with Gasteiger partial charge in [0.15, 0.2) is 5.82 Å². The van der Waals surface area contributed by atoms with Gasteiger partial charge in [-0.15, -0.1) is 5.10 Å². The molecule has 0 radical (unpaired) electrons. The minimum absolute atomic E-state index is 0.569. The predicted octanol–water partition coefficient (Wildman–Crippen LogP) is -1.26. The van der Waals surface area contributed by atoms with Crippen LogP contribution in [0.15, 0.2) is 0 Å². The molecule has 0 aliphatic carbocycles. The molecule has 0 atom stereocenters. The van der Waals surface area contributed by atoms with Gasteiger partial charge in [0.25, 0.3) is 0 Å². The number of tetrazole rings is 1. The summed E-state index contributed by atoms with van der Waals surface area (Å²) in [6.07, 6.45) is 0.861. The highest BCUT2D eigenvalue weighted by Crippen LogP contribution is 1.93. The molecule has 2 N–H and O–H groups in total. The number of likely N-dealkylation sites (N-methyl/N-ethyl adjacent to an activating group) is 1. The first-order chi connectivity index (χ1) is 6.24. The lowest BCUT2D eigenvalue weighted by Gasteiger charge is -2.08. The summed E-state index contributed by atoms with van der Waals surface area (Å²) in [5.74, 6) is 0.902. The van der Waals surface area contributed by atoms with Crippen LogP contribution in [0.4, 0.5) is 0 Å². The average molecular weight is 184 g/mol. The Morgan fingerprint density at radius 1 is 1.46 bits per heavy atom. The van der Waals surface area contributed by atoms with Crippen LogP contribution in [0.3, 0.4) is 0 Å². The van der Waals surface area contributed by atoms with Crippen LogP contribution in [0.1, 0.15) is 5.82 Å². The first kappa shape index (κ1) is 10.1. The zero-order chi connectivity index (χ0) is 9.68. The van der Waals surface area contributed by atoms with Crippen molar-refractivity contribution in [3.63, 3.8) is 0 Å². The van der Waals surface area contributed by atoms with Crippen molar-refractivity contribution in [3.05, 3.63) is 5.82 Å². The van der Waals surface area contributed by atoms with Crippen LogP contribution in [-0.2, 0) is 13.0 Å². The molecule has 1 heterocycles. The molecule has 6 heteroatoms. The number of rotatable bonds is 5. The Bertz CT molecular complexity index is 243. The summed E-state index contributed by atoms with van der Waals surface area (Å²) < 4.78 is 1.75. The molecule has 1 aromatic heterocycles. The second-order valence-corrected chi connectivity index (χ2v) is 3.16. The fraction of sp³-hybridized carbons (Fsp3) is 0.857. The number of aromatic nitrogens is 4. The van der Waals surface area contributed by atoms with Crippen molar-refractivity contribution in [1.29, 1.82) is 0 Å². The summed E-state index contributed by atoms with van der Waals surface area (Å²) in [5, 5.41) is 11.4. The van der Waals surface area contributed by atoms with Gasteiger partial charge < -0.3 is 10.6 Å². The van der Waals surface area contributed by atoms with E-state index in [1.165, 1.54) is 0 Å². The quantitative estimate of drug-likeness (QED) is 0.618. The van der Waals surface area contributed by atoms with Gasteiger partial charge in [0, 0.05) is 19.5 Å². The van der Waals surface area contributed by atoms with Crippen LogP contribution in [-0.4, -0.2) is 52.3 Å². The lowest BCUT2D eigenvalue weighted by molar-refractivity contribution is 0.403. The molecule has 0 spiro atoms. The molecule has 1 aromatic rings. The van der Waals surface area contributed by atoms with Crippen molar-refractivity contribution in [2.24, 2.45) is 5.73 Å². The van der Waals surface area contributed by atoms with Crippen LogP contribution in [0.25, 0.3) is 0 Å². The Kier molecular flexibility index (Phi) is 3.78. The third-order valence-electron chi connectivity index (χ3n) is 1.73. The van der Waals surface area contributed by atoms with E-state index < -0.39 is 0 Å². The van der Waals surface area contributed by atoms with E-state index in [0.717, 1.165) is 18.8 Å². The molecule has 0 saturated heterocycles. The maximum absolute atomic E-state index is 5.42. The van der Waals surface area contributed by atoms with Crippen molar-refractivity contribution < 1.29 is 0 Å². The number of nitrogens with zero attached hydrogens (tertiary/aromatic N) is 5. The summed E-state index contributed by atoms with van der Waals surface area (Å²) in [7, 11) is 4.05. The predicted molar refractivity (Wildman–Crippen MR) is 49.1 cm³/mol. The van der Waals surface area contributed by atoms with E-state index in [1.54, 1.807) is 4.68 Å². The maximum atomic E-state index is 5.42. The van der Waals surface area contributed by atoms with Gasteiger partial charge in [0.05, 0.1) is 6.54 Å². The molecule has 6 nitrogen and oxygen atoms in total. The molecule has 0 amide bonds. The van der Waals surface area contributed by atoms with Gasteiger partial charge in [-0.2, -0.15) is 0 Å². The minimum atomic E-state index is 0.569. The van der Waals surface area contributed by atoms with E-state index in [-0.39, 0.29) is 0 Å². The molecule has 13 heavy (non-hydrogen) atoms. The largest absolute Gasteiger partial charge is 0.329 e. The highest BCUT2D eigenvalue weighted by atomic mass is 15.5. The molecule has 0 aromatic carbocycles.